The maximum atomic E-state index is 12.6. The summed E-state index contributed by atoms with van der Waals surface area (Å²) < 4.78 is 0. The molecule has 2 aliphatic rings. The van der Waals surface area contributed by atoms with Crippen LogP contribution >= 0.6 is 11.3 Å². The van der Waals surface area contributed by atoms with Gasteiger partial charge in [-0.25, -0.2) is 4.98 Å². The van der Waals surface area contributed by atoms with Gasteiger partial charge in [0.15, 0.2) is 0 Å². The molecule has 1 aromatic heterocycles. The summed E-state index contributed by atoms with van der Waals surface area (Å²) in [5.41, 5.74) is 1.78. The van der Waals surface area contributed by atoms with Crippen molar-refractivity contribution in [2.45, 2.75) is 44.6 Å². The molecule has 0 aliphatic carbocycles. The molecule has 1 atom stereocenters. The summed E-state index contributed by atoms with van der Waals surface area (Å²) in [5, 5.41) is 10.4. The van der Waals surface area contributed by atoms with E-state index in [-0.39, 0.29) is 17.9 Å². The minimum Gasteiger partial charge on any atom is -0.349 e. The van der Waals surface area contributed by atoms with Crippen LogP contribution in [0.5, 0.6) is 0 Å². The molecule has 7 heteroatoms. The molecule has 148 valence electrons. The van der Waals surface area contributed by atoms with Gasteiger partial charge in [0.05, 0.1) is 17.2 Å². The lowest BCUT2D eigenvalue weighted by atomic mass is 9.95. The molecule has 2 fully saturated rings. The van der Waals surface area contributed by atoms with Crippen molar-refractivity contribution >= 4 is 28.8 Å². The second kappa shape index (κ2) is 8.84. The number of benzene rings is 1. The highest BCUT2D eigenvalue weighted by molar-refractivity contribution is 7.13. The van der Waals surface area contributed by atoms with Gasteiger partial charge in [0, 0.05) is 18.5 Å². The Morgan fingerprint density at radius 1 is 1.25 bits per heavy atom. The third-order valence-corrected chi connectivity index (χ3v) is 6.50. The Labute approximate surface area is 169 Å². The van der Waals surface area contributed by atoms with Crippen LogP contribution in [-0.2, 0) is 11.2 Å². The molecule has 1 unspecified atom stereocenters. The number of rotatable bonds is 5. The Morgan fingerprint density at radius 2 is 2.11 bits per heavy atom. The molecule has 0 bridgehead atoms. The fraction of sp³-hybridized carbons (Fsp3) is 0.476. The van der Waals surface area contributed by atoms with Gasteiger partial charge in [-0.1, -0.05) is 12.1 Å². The summed E-state index contributed by atoms with van der Waals surface area (Å²) >= 11 is 1.49. The Morgan fingerprint density at radius 3 is 2.93 bits per heavy atom. The number of anilines is 1. The number of piperidine rings is 2. The van der Waals surface area contributed by atoms with E-state index in [1.165, 1.54) is 24.2 Å². The second-order valence-corrected chi connectivity index (χ2v) is 8.72. The highest BCUT2D eigenvalue weighted by Gasteiger charge is 2.20. The third-order valence-electron chi connectivity index (χ3n) is 5.48. The quantitative estimate of drug-likeness (QED) is 0.722. The van der Waals surface area contributed by atoms with E-state index in [9.17, 15) is 9.59 Å². The number of thiazole rings is 1. The number of nitrogens with zero attached hydrogens (tertiary/aromatic N) is 1. The van der Waals surface area contributed by atoms with Crippen molar-refractivity contribution in [2.75, 3.05) is 18.4 Å². The zero-order valence-electron chi connectivity index (χ0n) is 15.9. The zero-order chi connectivity index (χ0) is 19.3. The van der Waals surface area contributed by atoms with Gasteiger partial charge in [0.1, 0.15) is 4.88 Å². The number of carbonyl (C=O) groups is 2. The van der Waals surface area contributed by atoms with Crippen molar-refractivity contribution in [1.82, 2.24) is 15.6 Å². The van der Waals surface area contributed by atoms with Gasteiger partial charge in [-0.3, -0.25) is 9.59 Å². The maximum Gasteiger partial charge on any atom is 0.267 e. The van der Waals surface area contributed by atoms with Gasteiger partial charge in [-0.15, -0.1) is 11.3 Å². The summed E-state index contributed by atoms with van der Waals surface area (Å²) in [6.45, 7) is 2.14. The Balaban J connectivity index is 1.38. The van der Waals surface area contributed by atoms with Crippen molar-refractivity contribution < 1.29 is 9.59 Å². The molecule has 2 aliphatic heterocycles. The number of aromatic nitrogens is 1. The second-order valence-electron chi connectivity index (χ2n) is 7.61. The summed E-state index contributed by atoms with van der Waals surface area (Å²) in [6.07, 6.45) is 7.40. The standard InChI is InChI=1S/C21H26N4O2S/c26-19-6-2-5-17(25-19)15-3-1-4-16(12-15)24-21(27)18-13-23-20(28-18)11-14-7-9-22-10-8-14/h1,3-4,12-14,17,22H,2,5-11H2,(H,24,27)(H,25,26). The maximum absolute atomic E-state index is 12.6. The van der Waals surface area contributed by atoms with Crippen molar-refractivity contribution in [3.8, 4) is 0 Å². The van der Waals surface area contributed by atoms with E-state index < -0.39 is 0 Å². The van der Waals surface area contributed by atoms with E-state index in [1.807, 2.05) is 24.3 Å². The van der Waals surface area contributed by atoms with Crippen LogP contribution in [0, 0.1) is 5.92 Å². The molecule has 2 aromatic rings. The van der Waals surface area contributed by atoms with E-state index >= 15 is 0 Å². The van der Waals surface area contributed by atoms with Crippen molar-refractivity contribution in [1.29, 1.82) is 0 Å². The average Bonchev–Trinajstić information content (AvgIpc) is 3.18. The number of hydrogen-bond donors (Lipinski definition) is 3. The van der Waals surface area contributed by atoms with Gasteiger partial charge in [0.25, 0.3) is 5.91 Å². The lowest BCUT2D eigenvalue weighted by molar-refractivity contribution is -0.123. The molecular weight excluding hydrogens is 372 g/mol. The molecule has 28 heavy (non-hydrogen) atoms. The first kappa shape index (κ1) is 19.1. The summed E-state index contributed by atoms with van der Waals surface area (Å²) in [5.74, 6) is 0.626. The predicted octanol–water partition coefficient (Wildman–Crippen LogP) is 3.28. The molecule has 2 amide bonds. The first-order chi connectivity index (χ1) is 13.7. The Kier molecular flexibility index (Phi) is 6.02. The molecule has 0 radical (unpaired) electrons. The SMILES string of the molecule is O=C1CCCC(c2cccc(NC(=O)c3cnc(CC4CCNCC4)s3)c2)N1. The van der Waals surface area contributed by atoms with Gasteiger partial charge in [-0.2, -0.15) is 0 Å². The van der Waals surface area contributed by atoms with E-state index in [4.69, 9.17) is 0 Å². The minimum atomic E-state index is -0.126. The van der Waals surface area contributed by atoms with Crippen LogP contribution < -0.4 is 16.0 Å². The number of carbonyl (C=O) groups excluding carboxylic acids is 2. The largest absolute Gasteiger partial charge is 0.349 e. The highest BCUT2D eigenvalue weighted by Crippen LogP contribution is 2.26. The third kappa shape index (κ3) is 4.77. The Bertz CT molecular complexity index is 844. The number of hydrogen-bond acceptors (Lipinski definition) is 5. The van der Waals surface area contributed by atoms with Crippen molar-refractivity contribution in [2.24, 2.45) is 5.92 Å². The first-order valence-electron chi connectivity index (χ1n) is 10.0. The molecule has 1 aromatic carbocycles. The van der Waals surface area contributed by atoms with Crippen LogP contribution in [0.1, 0.15) is 58.4 Å². The predicted molar refractivity (Wildman–Crippen MR) is 111 cm³/mol. The monoisotopic (exact) mass is 398 g/mol. The lowest BCUT2D eigenvalue weighted by Crippen LogP contribution is -2.32. The van der Waals surface area contributed by atoms with Gasteiger partial charge in [0.2, 0.25) is 5.91 Å². The van der Waals surface area contributed by atoms with Crippen molar-refractivity contribution in [3.05, 3.63) is 45.9 Å². The van der Waals surface area contributed by atoms with Crippen LogP contribution in [0.2, 0.25) is 0 Å². The summed E-state index contributed by atoms with van der Waals surface area (Å²) in [6, 6.07) is 7.77. The van der Waals surface area contributed by atoms with Crippen LogP contribution in [-0.4, -0.2) is 29.9 Å². The molecule has 2 saturated heterocycles. The van der Waals surface area contributed by atoms with Gasteiger partial charge in [-0.05, 0) is 62.4 Å². The van der Waals surface area contributed by atoms with E-state index in [2.05, 4.69) is 20.9 Å². The average molecular weight is 399 g/mol. The molecule has 6 nitrogen and oxygen atoms in total. The summed E-state index contributed by atoms with van der Waals surface area (Å²) in [7, 11) is 0. The van der Waals surface area contributed by atoms with E-state index in [0.29, 0.717) is 17.2 Å². The molecule has 4 rings (SSSR count). The topological polar surface area (TPSA) is 83.1 Å². The number of amides is 2. The normalized spacial score (nSPS) is 20.6. The van der Waals surface area contributed by atoms with Crippen LogP contribution in [0.15, 0.2) is 30.5 Å². The van der Waals surface area contributed by atoms with Crippen LogP contribution in [0.3, 0.4) is 0 Å². The molecule has 0 saturated carbocycles. The van der Waals surface area contributed by atoms with E-state index in [1.54, 1.807) is 6.20 Å². The lowest BCUT2D eigenvalue weighted by Gasteiger charge is -2.24. The zero-order valence-corrected chi connectivity index (χ0v) is 16.7. The fourth-order valence-corrected chi connectivity index (χ4v) is 4.85. The molecular formula is C21H26N4O2S. The van der Waals surface area contributed by atoms with E-state index in [0.717, 1.165) is 48.6 Å². The molecule has 3 N–H and O–H groups in total. The van der Waals surface area contributed by atoms with Crippen molar-refractivity contribution in [3.63, 3.8) is 0 Å². The smallest absolute Gasteiger partial charge is 0.267 e. The van der Waals surface area contributed by atoms with Gasteiger partial charge >= 0.3 is 0 Å². The molecule has 0 spiro atoms. The van der Waals surface area contributed by atoms with Crippen LogP contribution in [0.4, 0.5) is 5.69 Å². The fourth-order valence-electron chi connectivity index (χ4n) is 3.92. The number of nitrogens with one attached hydrogen (secondary N) is 3. The summed E-state index contributed by atoms with van der Waals surface area (Å²) in [4.78, 5) is 29.4. The van der Waals surface area contributed by atoms with Gasteiger partial charge < -0.3 is 16.0 Å². The first-order valence-corrected chi connectivity index (χ1v) is 10.8. The highest BCUT2D eigenvalue weighted by atomic mass is 32.1. The minimum absolute atomic E-state index is 0.0260. The van der Waals surface area contributed by atoms with Crippen LogP contribution in [0.25, 0.3) is 0 Å². The molecule has 3 heterocycles. The Hall–Kier alpha value is -2.25.